The zero-order chi connectivity index (χ0) is 35.1. The van der Waals surface area contributed by atoms with Crippen LogP contribution in [0.3, 0.4) is 0 Å². The second-order valence-electron chi connectivity index (χ2n) is 13.5. The zero-order valence-electron chi connectivity index (χ0n) is 28.7. The van der Waals surface area contributed by atoms with E-state index in [1.54, 1.807) is 0 Å². The second kappa shape index (κ2) is 11.3. The second-order valence-corrected chi connectivity index (χ2v) is 13.5. The van der Waals surface area contributed by atoms with Crippen LogP contribution in [0.4, 0.5) is 0 Å². The number of benzene rings is 7. The first-order valence-corrected chi connectivity index (χ1v) is 17.7. The first kappa shape index (κ1) is 30.0. The highest BCUT2D eigenvalue weighted by atomic mass is 15.0. The quantitative estimate of drug-likeness (QED) is 0.150. The molecule has 2 aromatic heterocycles. The Morgan fingerprint density at radius 3 is 2.00 bits per heavy atom. The summed E-state index contributed by atoms with van der Waals surface area (Å²) in [5.74, 6) is 0. The number of aromatic nitrogens is 2. The SMILES string of the molecule is C=C/C=C(\C=C)n1c2ccc(-c3ccc4c5ccccc5n(-c5ccc6c7c(cccc57)C(C=C)=C6C=C)c4c3)cc2c2ccc3ccccc3c21. The molecule has 0 atom stereocenters. The molecule has 0 radical (unpaired) electrons. The van der Waals surface area contributed by atoms with E-state index in [4.69, 9.17) is 0 Å². The first-order valence-electron chi connectivity index (χ1n) is 17.7. The fraction of sp³-hybridized carbons (Fsp3) is 0. The Labute approximate surface area is 302 Å². The van der Waals surface area contributed by atoms with Crippen LogP contribution in [-0.2, 0) is 0 Å². The molecular formula is C50H34N2. The highest BCUT2D eigenvalue weighted by molar-refractivity contribution is 6.22. The smallest absolute Gasteiger partial charge is 0.0619 e. The van der Waals surface area contributed by atoms with Crippen LogP contribution in [0.15, 0.2) is 184 Å². The predicted octanol–water partition coefficient (Wildman–Crippen LogP) is 13.7. The van der Waals surface area contributed by atoms with Crippen molar-refractivity contribution in [2.45, 2.75) is 0 Å². The predicted molar refractivity (Wildman–Crippen MR) is 226 cm³/mol. The van der Waals surface area contributed by atoms with E-state index in [9.17, 15) is 0 Å². The summed E-state index contributed by atoms with van der Waals surface area (Å²) in [5.41, 5.74) is 13.9. The minimum atomic E-state index is 0.992. The summed E-state index contributed by atoms with van der Waals surface area (Å²) < 4.78 is 4.77. The van der Waals surface area contributed by atoms with Gasteiger partial charge in [0.15, 0.2) is 0 Å². The third-order valence-electron chi connectivity index (χ3n) is 11.0. The summed E-state index contributed by atoms with van der Waals surface area (Å²) >= 11 is 0. The molecule has 0 N–H and O–H groups in total. The van der Waals surface area contributed by atoms with Gasteiger partial charge in [-0.05, 0) is 86.7 Å². The lowest BCUT2D eigenvalue weighted by Crippen LogP contribution is -1.97. The molecule has 2 heterocycles. The molecule has 0 aliphatic heterocycles. The standard InChI is InChI=1S/C50H34N2/c1-5-14-34(6-2)51-47-27-23-32(29-44(47)42-25-21-31-15-9-10-16-37(31)50(42)51)33-22-24-39-38-17-11-12-20-45(38)52(48(39)30-33)46-28-26-41-36(8-4)35(7-3)40-18-13-19-43(46)49(40)41/h5-30H,1-4H2/b34-14+. The fourth-order valence-electron chi connectivity index (χ4n) is 8.76. The molecule has 52 heavy (non-hydrogen) atoms. The lowest BCUT2D eigenvalue weighted by atomic mass is 9.99. The van der Waals surface area contributed by atoms with E-state index in [1.807, 2.05) is 30.4 Å². The van der Waals surface area contributed by atoms with Gasteiger partial charge in [-0.1, -0.05) is 142 Å². The van der Waals surface area contributed by atoms with Crippen molar-refractivity contribution in [3.8, 4) is 16.8 Å². The largest absolute Gasteiger partial charge is 0.309 e. The first-order chi connectivity index (χ1) is 25.6. The number of fused-ring (bicyclic) bond motifs is 8. The Morgan fingerprint density at radius 2 is 1.19 bits per heavy atom. The number of hydrogen-bond donors (Lipinski definition) is 0. The van der Waals surface area contributed by atoms with Gasteiger partial charge in [0.05, 0.1) is 27.8 Å². The molecular weight excluding hydrogens is 629 g/mol. The van der Waals surface area contributed by atoms with E-state index < -0.39 is 0 Å². The van der Waals surface area contributed by atoms with Crippen molar-refractivity contribution in [3.05, 3.63) is 195 Å². The molecule has 9 aromatic rings. The fourth-order valence-corrected chi connectivity index (χ4v) is 8.76. The lowest BCUT2D eigenvalue weighted by Gasteiger charge is -2.14. The Morgan fingerprint density at radius 1 is 0.500 bits per heavy atom. The van der Waals surface area contributed by atoms with Crippen molar-refractivity contribution in [2.24, 2.45) is 0 Å². The van der Waals surface area contributed by atoms with Gasteiger partial charge in [-0.2, -0.15) is 0 Å². The number of nitrogens with zero attached hydrogens (tertiary/aromatic N) is 2. The molecule has 1 aliphatic rings. The van der Waals surface area contributed by atoms with Crippen LogP contribution in [0, 0.1) is 0 Å². The molecule has 0 spiro atoms. The lowest BCUT2D eigenvalue weighted by molar-refractivity contribution is 1.20. The van der Waals surface area contributed by atoms with Crippen LogP contribution in [0.1, 0.15) is 11.1 Å². The molecule has 0 bridgehead atoms. The van der Waals surface area contributed by atoms with Crippen LogP contribution < -0.4 is 0 Å². The van der Waals surface area contributed by atoms with Gasteiger partial charge in [0.2, 0.25) is 0 Å². The van der Waals surface area contributed by atoms with Crippen molar-refractivity contribution >= 4 is 82.0 Å². The molecule has 0 amide bonds. The minimum Gasteiger partial charge on any atom is -0.309 e. The van der Waals surface area contributed by atoms with Crippen molar-refractivity contribution in [1.29, 1.82) is 0 Å². The topological polar surface area (TPSA) is 9.86 Å². The van der Waals surface area contributed by atoms with Crippen LogP contribution in [-0.4, -0.2) is 9.13 Å². The Kier molecular flexibility index (Phi) is 6.52. The van der Waals surface area contributed by atoms with E-state index in [1.165, 1.54) is 81.9 Å². The normalized spacial score (nSPS) is 13.0. The van der Waals surface area contributed by atoms with Crippen LogP contribution in [0.5, 0.6) is 0 Å². The molecule has 2 heteroatoms. The van der Waals surface area contributed by atoms with E-state index >= 15 is 0 Å². The maximum atomic E-state index is 4.17. The van der Waals surface area contributed by atoms with Gasteiger partial charge in [-0.3, -0.25) is 0 Å². The highest BCUT2D eigenvalue weighted by Crippen LogP contribution is 2.46. The molecule has 0 saturated heterocycles. The summed E-state index contributed by atoms with van der Waals surface area (Å²) in [7, 11) is 0. The average Bonchev–Trinajstić information content (AvgIpc) is 3.82. The van der Waals surface area contributed by atoms with Gasteiger partial charge in [-0.25, -0.2) is 0 Å². The maximum Gasteiger partial charge on any atom is 0.0619 e. The zero-order valence-corrected chi connectivity index (χ0v) is 28.7. The number of para-hydroxylation sites is 1. The third kappa shape index (κ3) is 4.01. The maximum absolute atomic E-state index is 4.17. The Bertz CT molecular complexity index is 3110. The minimum absolute atomic E-state index is 0.992. The molecule has 10 rings (SSSR count). The summed E-state index contributed by atoms with van der Waals surface area (Å²) in [4.78, 5) is 0. The number of hydrogen-bond acceptors (Lipinski definition) is 0. The van der Waals surface area contributed by atoms with E-state index in [0.29, 0.717) is 0 Å². The molecule has 1 aliphatic carbocycles. The van der Waals surface area contributed by atoms with Crippen molar-refractivity contribution < 1.29 is 0 Å². The Balaban J connectivity index is 1.24. The van der Waals surface area contributed by atoms with Gasteiger partial charge in [0.25, 0.3) is 0 Å². The van der Waals surface area contributed by atoms with Crippen LogP contribution in [0.2, 0.25) is 0 Å². The van der Waals surface area contributed by atoms with Crippen molar-refractivity contribution in [3.63, 3.8) is 0 Å². The highest BCUT2D eigenvalue weighted by Gasteiger charge is 2.24. The van der Waals surface area contributed by atoms with E-state index in [0.717, 1.165) is 28.0 Å². The molecule has 0 unspecified atom stereocenters. The van der Waals surface area contributed by atoms with Gasteiger partial charge in [0, 0.05) is 38.0 Å². The Hall–Kier alpha value is -6.90. The molecule has 0 saturated carbocycles. The van der Waals surface area contributed by atoms with Crippen molar-refractivity contribution in [1.82, 2.24) is 9.13 Å². The van der Waals surface area contributed by atoms with Gasteiger partial charge >= 0.3 is 0 Å². The average molecular weight is 663 g/mol. The van der Waals surface area contributed by atoms with Crippen molar-refractivity contribution in [2.75, 3.05) is 0 Å². The van der Waals surface area contributed by atoms with Gasteiger partial charge in [-0.15, -0.1) is 0 Å². The summed E-state index contributed by atoms with van der Waals surface area (Å²) in [6.07, 6.45) is 9.69. The number of allylic oxidation sites excluding steroid dienone is 8. The van der Waals surface area contributed by atoms with Crippen LogP contribution in [0.25, 0.3) is 98.8 Å². The van der Waals surface area contributed by atoms with Gasteiger partial charge in [0.1, 0.15) is 0 Å². The van der Waals surface area contributed by atoms with E-state index in [-0.39, 0.29) is 0 Å². The molecule has 244 valence electrons. The third-order valence-corrected chi connectivity index (χ3v) is 11.0. The van der Waals surface area contributed by atoms with Gasteiger partial charge < -0.3 is 9.13 Å². The molecule has 2 nitrogen and oxygen atoms in total. The van der Waals surface area contributed by atoms with Crippen LogP contribution >= 0.6 is 0 Å². The summed E-state index contributed by atoms with van der Waals surface area (Å²) in [6, 6.07) is 46.8. The monoisotopic (exact) mass is 662 g/mol. The summed E-state index contributed by atoms with van der Waals surface area (Å²) in [5, 5.41) is 9.76. The molecule has 0 fully saturated rings. The number of rotatable bonds is 7. The molecule has 7 aromatic carbocycles. The van der Waals surface area contributed by atoms with E-state index in [2.05, 4.69) is 163 Å². The summed E-state index contributed by atoms with van der Waals surface area (Å²) in [6.45, 7) is 16.5.